The fraction of sp³-hybridized carbons (Fsp3) is 0.714. The van der Waals surface area contributed by atoms with E-state index >= 15 is 0 Å². The molecule has 2 rings (SSSR count). The first-order chi connectivity index (χ1) is 8.47. The number of nitrogens with zero attached hydrogens (tertiary/aromatic N) is 1. The minimum Gasteiger partial charge on any atom is -0.338 e. The average molecular weight is 250 g/mol. The second-order valence-corrected chi connectivity index (χ2v) is 6.16. The Hall–Kier alpha value is -1.32. The molecule has 1 saturated carbocycles. The van der Waals surface area contributed by atoms with Gasteiger partial charge in [-0.15, -0.1) is 0 Å². The van der Waals surface area contributed by atoms with Crippen LogP contribution in [0.1, 0.15) is 64.5 Å². The van der Waals surface area contributed by atoms with Crippen molar-refractivity contribution >= 4 is 11.8 Å². The van der Waals surface area contributed by atoms with E-state index in [-0.39, 0.29) is 5.91 Å². The van der Waals surface area contributed by atoms with Crippen LogP contribution in [-0.4, -0.2) is 11.1 Å². The summed E-state index contributed by atoms with van der Waals surface area (Å²) in [6, 6.07) is 1.87. The maximum Gasteiger partial charge on any atom is 0.232 e. The summed E-state index contributed by atoms with van der Waals surface area (Å²) in [5.74, 6) is 0.923. The van der Waals surface area contributed by atoms with Crippen LogP contribution in [0.3, 0.4) is 0 Å². The Morgan fingerprint density at radius 1 is 1.33 bits per heavy atom. The molecule has 1 fully saturated rings. The van der Waals surface area contributed by atoms with Crippen molar-refractivity contribution in [3.63, 3.8) is 0 Å². The molecule has 0 atom stereocenters. The van der Waals surface area contributed by atoms with Gasteiger partial charge in [-0.25, -0.2) is 0 Å². The number of nitrogens with one attached hydrogen (secondary N) is 1. The molecule has 18 heavy (non-hydrogen) atoms. The highest BCUT2D eigenvalue weighted by Crippen LogP contribution is 2.33. The first-order valence-corrected chi connectivity index (χ1v) is 6.75. The topological polar surface area (TPSA) is 55.1 Å². The molecular formula is C14H22N2O2. The zero-order valence-electron chi connectivity index (χ0n) is 11.5. The predicted octanol–water partition coefficient (Wildman–Crippen LogP) is 3.71. The van der Waals surface area contributed by atoms with Crippen LogP contribution >= 0.6 is 0 Å². The number of hydrogen-bond acceptors (Lipinski definition) is 3. The summed E-state index contributed by atoms with van der Waals surface area (Å²) >= 11 is 0. The second-order valence-electron chi connectivity index (χ2n) is 6.16. The molecule has 4 nitrogen and oxygen atoms in total. The van der Waals surface area contributed by atoms with Crippen LogP contribution in [-0.2, 0) is 4.79 Å². The summed E-state index contributed by atoms with van der Waals surface area (Å²) in [5.41, 5.74) is 0.566. The van der Waals surface area contributed by atoms with Crippen molar-refractivity contribution in [3.05, 3.63) is 11.8 Å². The van der Waals surface area contributed by atoms with E-state index in [9.17, 15) is 4.79 Å². The van der Waals surface area contributed by atoms with Gasteiger partial charge in [0.15, 0.2) is 0 Å². The Kier molecular flexibility index (Phi) is 3.73. The van der Waals surface area contributed by atoms with Crippen LogP contribution in [0.5, 0.6) is 0 Å². The number of rotatable bonds is 2. The van der Waals surface area contributed by atoms with E-state index in [0.29, 0.717) is 11.8 Å². The molecule has 0 spiro atoms. The predicted molar refractivity (Wildman–Crippen MR) is 70.4 cm³/mol. The molecule has 0 aromatic carbocycles. The van der Waals surface area contributed by atoms with Gasteiger partial charge in [-0.1, -0.05) is 45.2 Å². The molecular weight excluding hydrogens is 228 g/mol. The van der Waals surface area contributed by atoms with Crippen LogP contribution in [0, 0.1) is 5.41 Å². The van der Waals surface area contributed by atoms with Gasteiger partial charge in [0.1, 0.15) is 0 Å². The first-order valence-electron chi connectivity index (χ1n) is 6.75. The number of aromatic nitrogens is 1. The molecule has 1 aromatic heterocycles. The van der Waals surface area contributed by atoms with E-state index < -0.39 is 5.41 Å². The van der Waals surface area contributed by atoms with E-state index in [1.54, 1.807) is 0 Å². The number of amides is 1. The Balaban J connectivity index is 1.99. The van der Waals surface area contributed by atoms with Crippen molar-refractivity contribution in [1.29, 1.82) is 0 Å². The third kappa shape index (κ3) is 3.12. The lowest BCUT2D eigenvalue weighted by atomic mass is 9.87. The van der Waals surface area contributed by atoms with Crippen LogP contribution in [0.15, 0.2) is 10.6 Å². The molecule has 4 heteroatoms. The van der Waals surface area contributed by atoms with Crippen LogP contribution in [0.2, 0.25) is 0 Å². The summed E-state index contributed by atoms with van der Waals surface area (Å²) in [6.45, 7) is 5.63. The molecule has 1 N–H and O–H groups in total. The van der Waals surface area contributed by atoms with Crippen LogP contribution in [0.25, 0.3) is 0 Å². The van der Waals surface area contributed by atoms with Crippen molar-refractivity contribution in [1.82, 2.24) is 5.16 Å². The second kappa shape index (κ2) is 5.12. The minimum absolute atomic E-state index is 0.0474. The lowest BCUT2D eigenvalue weighted by molar-refractivity contribution is -0.123. The van der Waals surface area contributed by atoms with E-state index in [2.05, 4.69) is 10.5 Å². The molecule has 1 amide bonds. The molecule has 1 heterocycles. The van der Waals surface area contributed by atoms with Crippen molar-refractivity contribution in [3.8, 4) is 0 Å². The van der Waals surface area contributed by atoms with Crippen molar-refractivity contribution < 1.29 is 9.32 Å². The molecule has 100 valence electrons. The molecule has 0 unspecified atom stereocenters. The lowest BCUT2D eigenvalue weighted by Crippen LogP contribution is -2.27. The fourth-order valence-electron chi connectivity index (χ4n) is 2.24. The number of carbonyl (C=O) groups excluding carboxylic acids is 1. The highest BCUT2D eigenvalue weighted by molar-refractivity contribution is 5.93. The Labute approximate surface area is 108 Å². The summed E-state index contributed by atoms with van der Waals surface area (Å²) in [6.07, 6.45) is 6.21. The smallest absolute Gasteiger partial charge is 0.232 e. The van der Waals surface area contributed by atoms with Gasteiger partial charge in [0.2, 0.25) is 11.8 Å². The van der Waals surface area contributed by atoms with Gasteiger partial charge in [-0.05, 0) is 12.8 Å². The Bertz CT molecular complexity index is 412. The van der Waals surface area contributed by atoms with Gasteiger partial charge in [0, 0.05) is 17.4 Å². The quantitative estimate of drug-likeness (QED) is 0.870. The number of anilines is 1. The monoisotopic (exact) mass is 250 g/mol. The van der Waals surface area contributed by atoms with Crippen LogP contribution < -0.4 is 5.32 Å². The van der Waals surface area contributed by atoms with Crippen LogP contribution in [0.4, 0.5) is 5.88 Å². The molecule has 1 aliphatic carbocycles. The fourth-order valence-corrected chi connectivity index (χ4v) is 2.24. The zero-order chi connectivity index (χ0) is 13.2. The number of carbonyl (C=O) groups is 1. The van der Waals surface area contributed by atoms with Gasteiger partial charge in [0.05, 0.1) is 5.69 Å². The zero-order valence-corrected chi connectivity index (χ0v) is 11.5. The largest absolute Gasteiger partial charge is 0.338 e. The van der Waals surface area contributed by atoms with E-state index in [1.807, 2.05) is 26.8 Å². The van der Waals surface area contributed by atoms with Gasteiger partial charge in [-0.2, -0.15) is 0 Å². The van der Waals surface area contributed by atoms with E-state index in [4.69, 9.17) is 4.52 Å². The Morgan fingerprint density at radius 3 is 2.61 bits per heavy atom. The molecule has 0 aliphatic heterocycles. The van der Waals surface area contributed by atoms with Gasteiger partial charge in [0.25, 0.3) is 0 Å². The first kappa shape index (κ1) is 13.1. The van der Waals surface area contributed by atoms with Gasteiger partial charge >= 0.3 is 0 Å². The molecule has 1 aliphatic rings. The maximum atomic E-state index is 11.8. The molecule has 0 bridgehead atoms. The summed E-state index contributed by atoms with van der Waals surface area (Å²) in [7, 11) is 0. The lowest BCUT2D eigenvalue weighted by Gasteiger charge is -2.18. The number of hydrogen-bond donors (Lipinski definition) is 1. The maximum absolute atomic E-state index is 11.8. The molecule has 0 radical (unpaired) electrons. The average Bonchev–Trinajstić information content (AvgIpc) is 2.77. The Morgan fingerprint density at radius 2 is 2.00 bits per heavy atom. The highest BCUT2D eigenvalue weighted by atomic mass is 16.5. The standard InChI is InChI=1S/C14H22N2O2/c1-14(2,3)13(17)15-12-9-11(16-18-12)10-7-5-4-6-8-10/h9-10H,4-8H2,1-3H3,(H,15,17). The normalized spacial score (nSPS) is 17.7. The van der Waals surface area contributed by atoms with Gasteiger partial charge < -0.3 is 4.52 Å². The van der Waals surface area contributed by atoms with Crippen molar-refractivity contribution in [2.24, 2.45) is 5.41 Å². The summed E-state index contributed by atoms with van der Waals surface area (Å²) < 4.78 is 5.20. The summed E-state index contributed by atoms with van der Waals surface area (Å²) in [4.78, 5) is 11.8. The molecule has 1 aromatic rings. The highest BCUT2D eigenvalue weighted by Gasteiger charge is 2.24. The summed E-state index contributed by atoms with van der Waals surface area (Å²) in [5, 5.41) is 6.86. The third-order valence-corrected chi connectivity index (χ3v) is 3.47. The van der Waals surface area contributed by atoms with E-state index in [0.717, 1.165) is 5.69 Å². The third-order valence-electron chi connectivity index (χ3n) is 3.47. The molecule has 0 saturated heterocycles. The van der Waals surface area contributed by atoms with Crippen molar-refractivity contribution in [2.75, 3.05) is 5.32 Å². The van der Waals surface area contributed by atoms with E-state index in [1.165, 1.54) is 32.1 Å². The minimum atomic E-state index is -0.419. The SMILES string of the molecule is CC(C)(C)C(=O)Nc1cc(C2CCCCC2)no1. The van der Waals surface area contributed by atoms with Gasteiger partial charge in [-0.3, -0.25) is 10.1 Å². The van der Waals surface area contributed by atoms with Crippen molar-refractivity contribution in [2.45, 2.75) is 58.8 Å².